The minimum Gasteiger partial charge on any atom is -0.356 e. The molecule has 1 heterocycles. The van der Waals surface area contributed by atoms with Gasteiger partial charge in [0.1, 0.15) is 0 Å². The van der Waals surface area contributed by atoms with Crippen molar-refractivity contribution in [2.24, 2.45) is 5.92 Å². The average molecular weight is 449 g/mol. The number of carbonyl (C=O) groups is 1. The fraction of sp³-hybridized carbons (Fsp3) is 0.435. The third kappa shape index (κ3) is 6.83. The predicted octanol–water partition coefficient (Wildman–Crippen LogP) is 3.67. The number of nitrogens with one attached hydrogen (secondary N) is 1. The Kier molecular flexibility index (Phi) is 8.31. The summed E-state index contributed by atoms with van der Waals surface area (Å²) >= 11 is 5.88. The molecule has 5 nitrogen and oxygen atoms in total. The number of hydrogen-bond acceptors (Lipinski definition) is 3. The highest BCUT2D eigenvalue weighted by atomic mass is 35.5. The second-order valence-corrected chi connectivity index (χ2v) is 10.3. The van der Waals surface area contributed by atoms with E-state index in [2.05, 4.69) is 5.32 Å². The zero-order valence-corrected chi connectivity index (χ0v) is 18.7. The van der Waals surface area contributed by atoms with Crippen molar-refractivity contribution in [3.05, 3.63) is 70.7 Å². The summed E-state index contributed by atoms with van der Waals surface area (Å²) in [6.07, 6.45) is 3.26. The molecule has 1 saturated heterocycles. The van der Waals surface area contributed by atoms with Crippen molar-refractivity contribution in [2.45, 2.75) is 32.1 Å². The molecule has 30 heavy (non-hydrogen) atoms. The number of hydrogen-bond donors (Lipinski definition) is 1. The normalized spacial score (nSPS) is 15.8. The molecule has 0 aromatic heterocycles. The monoisotopic (exact) mass is 448 g/mol. The summed E-state index contributed by atoms with van der Waals surface area (Å²) < 4.78 is 26.8. The van der Waals surface area contributed by atoms with Crippen LogP contribution in [0.1, 0.15) is 30.4 Å². The molecule has 0 radical (unpaired) electrons. The minimum atomic E-state index is -3.27. The lowest BCUT2D eigenvalue weighted by molar-refractivity contribution is -0.126. The molecule has 0 saturated carbocycles. The van der Waals surface area contributed by atoms with Gasteiger partial charge in [0.15, 0.2) is 0 Å². The molecule has 3 rings (SSSR count). The maximum absolute atomic E-state index is 12.6. The van der Waals surface area contributed by atoms with Crippen LogP contribution in [0.25, 0.3) is 0 Å². The zero-order chi connectivity index (χ0) is 21.4. The molecule has 0 unspecified atom stereocenters. The van der Waals surface area contributed by atoms with E-state index in [0.717, 1.165) is 24.0 Å². The molecule has 2 aromatic rings. The molecule has 1 fully saturated rings. The van der Waals surface area contributed by atoms with Crippen molar-refractivity contribution in [2.75, 3.05) is 25.4 Å². The topological polar surface area (TPSA) is 66.5 Å². The highest BCUT2D eigenvalue weighted by Gasteiger charge is 2.30. The Morgan fingerprint density at radius 2 is 1.60 bits per heavy atom. The molecule has 1 amide bonds. The average Bonchev–Trinajstić information content (AvgIpc) is 2.76. The van der Waals surface area contributed by atoms with Gasteiger partial charge in [0, 0.05) is 30.6 Å². The Morgan fingerprint density at radius 1 is 0.967 bits per heavy atom. The van der Waals surface area contributed by atoms with Gasteiger partial charge in [0.25, 0.3) is 0 Å². The van der Waals surface area contributed by atoms with Crippen molar-refractivity contribution in [3.8, 4) is 0 Å². The van der Waals surface area contributed by atoms with Crippen LogP contribution in [0.2, 0.25) is 5.02 Å². The summed E-state index contributed by atoms with van der Waals surface area (Å²) in [5.74, 6) is 0.0518. The molecular weight excluding hydrogens is 420 g/mol. The Labute approximate surface area is 184 Å². The van der Waals surface area contributed by atoms with Gasteiger partial charge in [-0.2, -0.15) is 0 Å². The SMILES string of the molecule is O=C(NCCc1ccc(Cl)cc1)C1CCN(S(=O)(=O)CCCc2ccccc2)CC1. The quantitative estimate of drug-likeness (QED) is 0.636. The number of benzene rings is 2. The van der Waals surface area contributed by atoms with Crippen molar-refractivity contribution < 1.29 is 13.2 Å². The molecule has 0 spiro atoms. The molecule has 0 bridgehead atoms. The molecule has 162 valence electrons. The largest absolute Gasteiger partial charge is 0.356 e. The summed E-state index contributed by atoms with van der Waals surface area (Å²) in [5, 5.41) is 3.68. The third-order valence-electron chi connectivity index (χ3n) is 5.55. The standard InChI is InChI=1S/C23H29ClN2O3S/c24-22-10-8-20(9-11-22)12-15-25-23(27)21-13-16-26(17-14-21)30(28,29)18-4-7-19-5-2-1-3-6-19/h1-3,5-6,8-11,21H,4,7,12-18H2,(H,25,27). The van der Waals surface area contributed by atoms with E-state index in [1.807, 2.05) is 54.6 Å². The Morgan fingerprint density at radius 3 is 2.27 bits per heavy atom. The molecular formula is C23H29ClN2O3S. The summed E-state index contributed by atoms with van der Waals surface area (Å²) in [7, 11) is -3.27. The van der Waals surface area contributed by atoms with Crippen LogP contribution in [0.4, 0.5) is 0 Å². The first-order valence-electron chi connectivity index (χ1n) is 10.5. The Hall–Kier alpha value is -1.89. The molecule has 7 heteroatoms. The maximum Gasteiger partial charge on any atom is 0.223 e. The lowest BCUT2D eigenvalue weighted by Gasteiger charge is -2.30. The van der Waals surface area contributed by atoms with E-state index in [4.69, 9.17) is 11.6 Å². The second kappa shape index (κ2) is 10.9. The van der Waals surface area contributed by atoms with Crippen molar-refractivity contribution in [1.29, 1.82) is 0 Å². The van der Waals surface area contributed by atoms with Crippen LogP contribution in [-0.2, 0) is 27.7 Å². The number of amides is 1. The van der Waals surface area contributed by atoms with Gasteiger partial charge in [-0.15, -0.1) is 0 Å². The van der Waals surface area contributed by atoms with E-state index >= 15 is 0 Å². The Balaban J connectivity index is 1.37. The first kappa shape index (κ1) is 22.8. The predicted molar refractivity (Wildman–Crippen MR) is 121 cm³/mol. The van der Waals surface area contributed by atoms with Crippen LogP contribution in [0.15, 0.2) is 54.6 Å². The number of piperidine rings is 1. The molecule has 1 aliphatic heterocycles. The van der Waals surface area contributed by atoms with Crippen molar-refractivity contribution in [3.63, 3.8) is 0 Å². The number of halogens is 1. The maximum atomic E-state index is 12.6. The van der Waals surface area contributed by atoms with E-state index < -0.39 is 10.0 Å². The van der Waals surface area contributed by atoms with Crippen LogP contribution < -0.4 is 5.32 Å². The van der Waals surface area contributed by atoms with Crippen LogP contribution >= 0.6 is 11.6 Å². The fourth-order valence-electron chi connectivity index (χ4n) is 3.75. The smallest absolute Gasteiger partial charge is 0.223 e. The molecule has 0 aliphatic carbocycles. The van der Waals surface area contributed by atoms with E-state index in [1.54, 1.807) is 4.31 Å². The summed E-state index contributed by atoms with van der Waals surface area (Å²) in [5.41, 5.74) is 2.28. The minimum absolute atomic E-state index is 0.0186. The first-order chi connectivity index (χ1) is 14.4. The number of sulfonamides is 1. The van der Waals surface area contributed by atoms with E-state index in [0.29, 0.717) is 43.9 Å². The number of carbonyl (C=O) groups excluding carboxylic acids is 1. The summed E-state index contributed by atoms with van der Waals surface area (Å²) in [4.78, 5) is 12.4. The molecule has 0 atom stereocenters. The lowest BCUT2D eigenvalue weighted by Crippen LogP contribution is -2.44. The summed E-state index contributed by atoms with van der Waals surface area (Å²) in [6, 6.07) is 17.5. The van der Waals surface area contributed by atoms with Gasteiger partial charge in [0.2, 0.25) is 15.9 Å². The van der Waals surface area contributed by atoms with Crippen molar-refractivity contribution in [1.82, 2.24) is 9.62 Å². The van der Waals surface area contributed by atoms with Gasteiger partial charge in [0.05, 0.1) is 5.75 Å². The Bertz CT molecular complexity index is 909. The van der Waals surface area contributed by atoms with Gasteiger partial charge in [-0.1, -0.05) is 54.1 Å². The van der Waals surface area contributed by atoms with Crippen molar-refractivity contribution >= 4 is 27.5 Å². The lowest BCUT2D eigenvalue weighted by atomic mass is 9.97. The van der Waals surface area contributed by atoms with Gasteiger partial charge < -0.3 is 5.32 Å². The van der Waals surface area contributed by atoms with E-state index in [9.17, 15) is 13.2 Å². The second-order valence-electron chi connectivity index (χ2n) is 7.75. The highest BCUT2D eigenvalue weighted by molar-refractivity contribution is 7.89. The molecule has 1 N–H and O–H groups in total. The van der Waals surface area contributed by atoms with E-state index in [-0.39, 0.29) is 17.6 Å². The van der Waals surface area contributed by atoms with Crippen LogP contribution in [-0.4, -0.2) is 44.0 Å². The highest BCUT2D eigenvalue weighted by Crippen LogP contribution is 2.21. The molecule has 2 aromatic carbocycles. The van der Waals surface area contributed by atoms with E-state index in [1.165, 1.54) is 0 Å². The fourth-order valence-corrected chi connectivity index (χ4v) is 5.41. The van der Waals surface area contributed by atoms with Crippen LogP contribution in [0.3, 0.4) is 0 Å². The van der Waals surface area contributed by atoms with Crippen LogP contribution in [0, 0.1) is 5.92 Å². The van der Waals surface area contributed by atoms with Crippen LogP contribution in [0.5, 0.6) is 0 Å². The van der Waals surface area contributed by atoms with Gasteiger partial charge in [-0.05, 0) is 55.4 Å². The summed E-state index contributed by atoms with van der Waals surface area (Å²) in [6.45, 7) is 1.41. The third-order valence-corrected chi connectivity index (χ3v) is 7.76. The number of rotatable bonds is 9. The number of aryl methyl sites for hydroxylation is 1. The van der Waals surface area contributed by atoms with Gasteiger partial charge in [-0.25, -0.2) is 12.7 Å². The molecule has 1 aliphatic rings. The van der Waals surface area contributed by atoms with Gasteiger partial charge in [-0.3, -0.25) is 4.79 Å². The zero-order valence-electron chi connectivity index (χ0n) is 17.1. The van der Waals surface area contributed by atoms with Gasteiger partial charge >= 0.3 is 0 Å². The number of nitrogens with zero attached hydrogens (tertiary/aromatic N) is 1. The first-order valence-corrected chi connectivity index (χ1v) is 12.5.